The second-order valence-corrected chi connectivity index (χ2v) is 6.83. The third-order valence-corrected chi connectivity index (χ3v) is 5.07. The Hall–Kier alpha value is -2.24. The van der Waals surface area contributed by atoms with E-state index in [1.54, 1.807) is 17.0 Å². The molecular formula is C19H19Cl2N3O2. The van der Waals surface area contributed by atoms with Crippen molar-refractivity contribution >= 4 is 40.7 Å². The molecule has 0 bridgehead atoms. The molecule has 0 spiro atoms. The summed E-state index contributed by atoms with van der Waals surface area (Å²) < 4.78 is 0. The summed E-state index contributed by atoms with van der Waals surface area (Å²) in [7, 11) is 0. The van der Waals surface area contributed by atoms with Gasteiger partial charge in [-0.15, -0.1) is 0 Å². The first-order valence-corrected chi connectivity index (χ1v) is 9.11. The topological polar surface area (TPSA) is 52.7 Å². The molecule has 1 aliphatic rings. The van der Waals surface area contributed by atoms with E-state index in [9.17, 15) is 9.59 Å². The minimum absolute atomic E-state index is 0.0373. The highest BCUT2D eigenvalue weighted by atomic mass is 35.5. The summed E-state index contributed by atoms with van der Waals surface area (Å²) in [6.45, 7) is 2.78. The maximum atomic E-state index is 12.3. The summed E-state index contributed by atoms with van der Waals surface area (Å²) in [5.41, 5.74) is 1.54. The van der Waals surface area contributed by atoms with E-state index in [0.717, 1.165) is 18.8 Å². The number of rotatable bonds is 4. The Morgan fingerprint density at radius 3 is 2.27 bits per heavy atom. The van der Waals surface area contributed by atoms with E-state index in [4.69, 9.17) is 23.2 Å². The number of nitrogens with one attached hydrogen (secondary N) is 1. The summed E-state index contributed by atoms with van der Waals surface area (Å²) in [6.07, 6.45) is 0. The second-order valence-electron chi connectivity index (χ2n) is 6.01. The number of hydrogen-bond donors (Lipinski definition) is 1. The Balaban J connectivity index is 1.48. The molecule has 1 heterocycles. The Morgan fingerprint density at radius 2 is 1.62 bits per heavy atom. The Labute approximate surface area is 162 Å². The molecule has 3 rings (SSSR count). The van der Waals surface area contributed by atoms with Gasteiger partial charge < -0.3 is 15.1 Å². The lowest BCUT2D eigenvalue weighted by atomic mass is 10.2. The highest BCUT2D eigenvalue weighted by Gasteiger charge is 2.21. The van der Waals surface area contributed by atoms with Crippen LogP contribution >= 0.6 is 23.2 Å². The van der Waals surface area contributed by atoms with E-state index in [2.05, 4.69) is 22.3 Å². The summed E-state index contributed by atoms with van der Waals surface area (Å²) in [5, 5.41) is 3.33. The van der Waals surface area contributed by atoms with E-state index in [1.165, 1.54) is 6.07 Å². The van der Waals surface area contributed by atoms with Gasteiger partial charge in [-0.25, -0.2) is 0 Å². The van der Waals surface area contributed by atoms with Gasteiger partial charge >= 0.3 is 0 Å². The van der Waals surface area contributed by atoms with Crippen LogP contribution in [0.15, 0.2) is 48.5 Å². The molecular weight excluding hydrogens is 373 g/mol. The Morgan fingerprint density at radius 1 is 0.923 bits per heavy atom. The lowest BCUT2D eigenvalue weighted by molar-refractivity contribution is -0.130. The van der Waals surface area contributed by atoms with Crippen LogP contribution in [0.4, 0.5) is 5.69 Å². The number of amides is 2. The molecule has 1 aliphatic heterocycles. The molecule has 2 aromatic carbocycles. The molecule has 0 unspecified atom stereocenters. The lowest BCUT2D eigenvalue weighted by Gasteiger charge is -2.36. The molecule has 26 heavy (non-hydrogen) atoms. The van der Waals surface area contributed by atoms with Crippen LogP contribution in [0.2, 0.25) is 10.0 Å². The predicted octanol–water partition coefficient (Wildman–Crippen LogP) is 3.07. The van der Waals surface area contributed by atoms with Crippen molar-refractivity contribution in [3.63, 3.8) is 0 Å². The summed E-state index contributed by atoms with van der Waals surface area (Å²) >= 11 is 11.8. The summed E-state index contributed by atoms with van der Waals surface area (Å²) in [6, 6.07) is 14.7. The molecule has 1 saturated heterocycles. The van der Waals surface area contributed by atoms with Crippen LogP contribution in [0, 0.1) is 0 Å². The standard InChI is InChI=1S/C19H19Cl2N3O2/c20-16-7-6-14(12-17(16)21)19(26)22-13-18(25)24-10-8-23(9-11-24)15-4-2-1-3-5-15/h1-7,12H,8-11,13H2,(H,22,26). The van der Waals surface area contributed by atoms with Crippen molar-refractivity contribution < 1.29 is 9.59 Å². The normalized spacial score (nSPS) is 14.2. The van der Waals surface area contributed by atoms with Gasteiger partial charge in [-0.2, -0.15) is 0 Å². The van der Waals surface area contributed by atoms with Crippen molar-refractivity contribution in [1.29, 1.82) is 0 Å². The van der Waals surface area contributed by atoms with Crippen molar-refractivity contribution in [3.05, 3.63) is 64.1 Å². The molecule has 7 heteroatoms. The van der Waals surface area contributed by atoms with Crippen LogP contribution in [-0.4, -0.2) is 49.4 Å². The molecule has 0 aromatic heterocycles. The smallest absolute Gasteiger partial charge is 0.251 e. The fourth-order valence-electron chi connectivity index (χ4n) is 2.86. The van der Waals surface area contributed by atoms with Gasteiger partial charge in [0.25, 0.3) is 5.91 Å². The molecule has 0 saturated carbocycles. The predicted molar refractivity (Wildman–Crippen MR) is 104 cm³/mol. The van der Waals surface area contributed by atoms with Gasteiger partial charge in [0.1, 0.15) is 0 Å². The fraction of sp³-hybridized carbons (Fsp3) is 0.263. The summed E-state index contributed by atoms with van der Waals surface area (Å²) in [4.78, 5) is 28.5. The van der Waals surface area contributed by atoms with E-state index in [0.29, 0.717) is 28.7 Å². The van der Waals surface area contributed by atoms with E-state index >= 15 is 0 Å². The number of carbonyl (C=O) groups excluding carboxylic acids is 2. The zero-order valence-corrected chi connectivity index (χ0v) is 15.6. The minimum atomic E-state index is -0.347. The third-order valence-electron chi connectivity index (χ3n) is 4.34. The molecule has 0 atom stereocenters. The first-order chi connectivity index (χ1) is 12.5. The second kappa shape index (κ2) is 8.43. The zero-order valence-electron chi connectivity index (χ0n) is 14.1. The van der Waals surface area contributed by atoms with Gasteiger partial charge in [-0.3, -0.25) is 9.59 Å². The lowest BCUT2D eigenvalue weighted by Crippen LogP contribution is -2.51. The molecule has 2 amide bonds. The van der Waals surface area contributed by atoms with E-state index < -0.39 is 0 Å². The maximum absolute atomic E-state index is 12.3. The molecule has 2 aromatic rings. The molecule has 0 radical (unpaired) electrons. The van der Waals surface area contributed by atoms with Gasteiger partial charge in [0, 0.05) is 37.4 Å². The first-order valence-electron chi connectivity index (χ1n) is 8.35. The van der Waals surface area contributed by atoms with Crippen LogP contribution in [0.3, 0.4) is 0 Å². The van der Waals surface area contributed by atoms with Gasteiger partial charge in [-0.1, -0.05) is 41.4 Å². The monoisotopic (exact) mass is 391 g/mol. The Kier molecular flexibility index (Phi) is 6.01. The first kappa shape index (κ1) is 18.5. The number of carbonyl (C=O) groups is 2. The highest BCUT2D eigenvalue weighted by Crippen LogP contribution is 2.22. The quantitative estimate of drug-likeness (QED) is 0.870. The Bertz CT molecular complexity index is 791. The zero-order chi connectivity index (χ0) is 18.5. The fourth-order valence-corrected chi connectivity index (χ4v) is 3.16. The number of halogens is 2. The molecule has 1 N–H and O–H groups in total. The number of benzene rings is 2. The van der Waals surface area contributed by atoms with Crippen LogP contribution in [0.25, 0.3) is 0 Å². The molecule has 5 nitrogen and oxygen atoms in total. The van der Waals surface area contributed by atoms with Crippen molar-refractivity contribution in [1.82, 2.24) is 10.2 Å². The van der Waals surface area contributed by atoms with Gasteiger partial charge in [0.05, 0.1) is 16.6 Å². The molecule has 0 aliphatic carbocycles. The number of anilines is 1. The van der Waals surface area contributed by atoms with Crippen molar-refractivity contribution in [2.75, 3.05) is 37.6 Å². The number of para-hydroxylation sites is 1. The minimum Gasteiger partial charge on any atom is -0.368 e. The average Bonchev–Trinajstić information content (AvgIpc) is 2.68. The van der Waals surface area contributed by atoms with E-state index in [-0.39, 0.29) is 18.4 Å². The molecule has 136 valence electrons. The number of piperazine rings is 1. The van der Waals surface area contributed by atoms with Gasteiger partial charge in [0.15, 0.2) is 0 Å². The van der Waals surface area contributed by atoms with Crippen LogP contribution in [0.1, 0.15) is 10.4 Å². The maximum Gasteiger partial charge on any atom is 0.251 e. The number of nitrogens with zero attached hydrogens (tertiary/aromatic N) is 2. The van der Waals surface area contributed by atoms with Crippen molar-refractivity contribution in [3.8, 4) is 0 Å². The highest BCUT2D eigenvalue weighted by molar-refractivity contribution is 6.42. The third kappa shape index (κ3) is 4.48. The van der Waals surface area contributed by atoms with Crippen molar-refractivity contribution in [2.24, 2.45) is 0 Å². The van der Waals surface area contributed by atoms with E-state index in [1.807, 2.05) is 18.2 Å². The van der Waals surface area contributed by atoms with Crippen molar-refractivity contribution in [2.45, 2.75) is 0 Å². The SMILES string of the molecule is O=C(NCC(=O)N1CCN(c2ccccc2)CC1)c1ccc(Cl)c(Cl)c1. The average molecular weight is 392 g/mol. The van der Waals surface area contributed by atoms with Gasteiger partial charge in [0.2, 0.25) is 5.91 Å². The number of hydrogen-bond acceptors (Lipinski definition) is 3. The molecule has 1 fully saturated rings. The van der Waals surface area contributed by atoms with Gasteiger partial charge in [-0.05, 0) is 30.3 Å². The largest absolute Gasteiger partial charge is 0.368 e. The van der Waals surface area contributed by atoms with Crippen LogP contribution in [0.5, 0.6) is 0 Å². The van der Waals surface area contributed by atoms with Crippen LogP contribution in [-0.2, 0) is 4.79 Å². The van der Waals surface area contributed by atoms with Crippen LogP contribution < -0.4 is 10.2 Å². The summed E-state index contributed by atoms with van der Waals surface area (Å²) in [5.74, 6) is -0.439.